The van der Waals surface area contributed by atoms with Gasteiger partial charge in [0.05, 0.1) is 5.56 Å². The molecule has 1 aromatic heterocycles. The van der Waals surface area contributed by atoms with E-state index in [0.717, 1.165) is 18.2 Å². The van der Waals surface area contributed by atoms with E-state index >= 15 is 0 Å². The normalized spacial score (nSPS) is 11.1. The van der Waals surface area contributed by atoms with E-state index in [0.29, 0.717) is 0 Å². The Morgan fingerprint density at radius 2 is 1.70 bits per heavy atom. The summed E-state index contributed by atoms with van der Waals surface area (Å²) in [5.74, 6) is -3.36. The van der Waals surface area contributed by atoms with Crippen LogP contribution in [0.1, 0.15) is 11.3 Å². The molecule has 23 heavy (non-hydrogen) atoms. The van der Waals surface area contributed by atoms with Crippen molar-refractivity contribution in [3.63, 3.8) is 0 Å². The third-order valence-corrected chi connectivity index (χ3v) is 2.85. The Hall–Kier alpha value is -3.03. The lowest BCUT2D eigenvalue weighted by atomic mass is 10.1. The summed E-state index contributed by atoms with van der Waals surface area (Å²) in [6, 6.07) is 6.96. The number of aliphatic carboxylic acids is 2. The van der Waals surface area contributed by atoms with E-state index in [4.69, 9.17) is 14.6 Å². The number of halogens is 3. The molecule has 0 aliphatic carbocycles. The molecule has 0 saturated carbocycles. The Kier molecular flexibility index (Phi) is 4.26. The van der Waals surface area contributed by atoms with Crippen LogP contribution in [0.4, 0.5) is 13.2 Å². The van der Waals surface area contributed by atoms with Crippen molar-refractivity contribution in [2.75, 3.05) is 0 Å². The molecule has 0 aliphatic rings. The molecule has 0 amide bonds. The average Bonchev–Trinajstić information content (AvgIpc) is 2.92. The van der Waals surface area contributed by atoms with Gasteiger partial charge in [-0.2, -0.15) is 13.2 Å². The maximum absolute atomic E-state index is 12.7. The zero-order chi connectivity index (χ0) is 17.2. The summed E-state index contributed by atoms with van der Waals surface area (Å²) in [5.41, 5.74) is -1.65. The highest BCUT2D eigenvalue weighted by atomic mass is 19.4. The first kappa shape index (κ1) is 16.3. The van der Waals surface area contributed by atoms with E-state index in [1.165, 1.54) is 24.3 Å². The van der Waals surface area contributed by atoms with E-state index in [1.54, 1.807) is 0 Å². The number of carboxylic acid groups (broad SMARTS) is 2. The Morgan fingerprint density at radius 3 is 2.26 bits per heavy atom. The predicted octanol–water partition coefficient (Wildman–Crippen LogP) is 3.52. The standard InChI is InChI=1S/C15H9F3O5/c16-15(17,18)9-3-1-2-8(6-9)12-5-4-10(23-12)7-11(13(19)20)14(21)22/h1-7H,(H,19,20)(H,21,22). The van der Waals surface area contributed by atoms with Gasteiger partial charge in [0.1, 0.15) is 17.1 Å². The van der Waals surface area contributed by atoms with Crippen LogP contribution in [0.2, 0.25) is 0 Å². The van der Waals surface area contributed by atoms with Crippen LogP contribution in [0.15, 0.2) is 46.4 Å². The van der Waals surface area contributed by atoms with Gasteiger partial charge in [-0.05, 0) is 24.3 Å². The van der Waals surface area contributed by atoms with Crippen molar-refractivity contribution in [2.45, 2.75) is 6.18 Å². The monoisotopic (exact) mass is 326 g/mol. The SMILES string of the molecule is O=C(O)C(=Cc1ccc(-c2cccc(C(F)(F)F)c2)o1)C(=O)O. The summed E-state index contributed by atoms with van der Waals surface area (Å²) in [7, 11) is 0. The van der Waals surface area contributed by atoms with Crippen LogP contribution in [0, 0.1) is 0 Å². The van der Waals surface area contributed by atoms with E-state index in [2.05, 4.69) is 0 Å². The first-order valence-electron chi connectivity index (χ1n) is 6.14. The van der Waals surface area contributed by atoms with Crippen LogP contribution in [-0.4, -0.2) is 22.2 Å². The smallest absolute Gasteiger partial charge is 0.416 e. The maximum Gasteiger partial charge on any atom is 0.416 e. The second-order valence-electron chi connectivity index (χ2n) is 4.45. The first-order chi connectivity index (χ1) is 10.7. The van der Waals surface area contributed by atoms with Gasteiger partial charge in [-0.1, -0.05) is 12.1 Å². The molecule has 0 atom stereocenters. The summed E-state index contributed by atoms with van der Waals surface area (Å²) >= 11 is 0. The first-order valence-corrected chi connectivity index (χ1v) is 6.14. The van der Waals surface area contributed by atoms with Crippen LogP contribution in [0.3, 0.4) is 0 Å². The summed E-state index contributed by atoms with van der Waals surface area (Å²) in [5, 5.41) is 17.5. The summed E-state index contributed by atoms with van der Waals surface area (Å²) in [4.78, 5) is 21.5. The number of furan rings is 1. The van der Waals surface area contributed by atoms with Gasteiger partial charge in [0, 0.05) is 11.6 Å². The van der Waals surface area contributed by atoms with E-state index in [9.17, 15) is 22.8 Å². The molecule has 120 valence electrons. The van der Waals surface area contributed by atoms with Crippen molar-refractivity contribution in [3.05, 3.63) is 53.3 Å². The summed E-state index contributed by atoms with van der Waals surface area (Å²) in [6.45, 7) is 0. The minimum absolute atomic E-state index is 0.0532. The molecule has 0 bridgehead atoms. The molecule has 0 unspecified atom stereocenters. The van der Waals surface area contributed by atoms with Crippen LogP contribution in [0.5, 0.6) is 0 Å². The topological polar surface area (TPSA) is 87.7 Å². The van der Waals surface area contributed by atoms with Gasteiger partial charge >= 0.3 is 18.1 Å². The molecule has 0 fully saturated rings. The number of hydrogen-bond donors (Lipinski definition) is 2. The zero-order valence-electron chi connectivity index (χ0n) is 11.3. The lowest BCUT2D eigenvalue weighted by molar-refractivity contribution is -0.140. The van der Waals surface area contributed by atoms with Gasteiger partial charge in [-0.15, -0.1) is 0 Å². The zero-order valence-corrected chi connectivity index (χ0v) is 11.3. The third kappa shape index (κ3) is 3.79. The van der Waals surface area contributed by atoms with Gasteiger partial charge < -0.3 is 14.6 Å². The second-order valence-corrected chi connectivity index (χ2v) is 4.45. The molecule has 2 rings (SSSR count). The number of hydrogen-bond acceptors (Lipinski definition) is 3. The highest BCUT2D eigenvalue weighted by molar-refractivity contribution is 6.16. The molecule has 5 nitrogen and oxygen atoms in total. The number of alkyl halides is 3. The molecule has 1 aromatic carbocycles. The predicted molar refractivity (Wildman–Crippen MR) is 72.4 cm³/mol. The van der Waals surface area contributed by atoms with Crippen molar-refractivity contribution in [1.29, 1.82) is 0 Å². The molecule has 8 heteroatoms. The van der Waals surface area contributed by atoms with Gasteiger partial charge in [-0.3, -0.25) is 0 Å². The molecule has 0 saturated heterocycles. The Labute approximate surface area is 127 Å². The van der Waals surface area contributed by atoms with Gasteiger partial charge in [0.15, 0.2) is 0 Å². The van der Waals surface area contributed by atoms with Crippen molar-refractivity contribution >= 4 is 18.0 Å². The average molecular weight is 326 g/mol. The Balaban J connectivity index is 2.38. The van der Waals surface area contributed by atoms with Gasteiger partial charge in [0.2, 0.25) is 0 Å². The van der Waals surface area contributed by atoms with Crippen molar-refractivity contribution in [3.8, 4) is 11.3 Å². The van der Waals surface area contributed by atoms with Gasteiger partial charge in [-0.25, -0.2) is 9.59 Å². The molecule has 0 aliphatic heterocycles. The molecule has 0 spiro atoms. The van der Waals surface area contributed by atoms with E-state index in [1.807, 2.05) is 0 Å². The number of rotatable bonds is 4. The van der Waals surface area contributed by atoms with Crippen molar-refractivity contribution < 1.29 is 37.4 Å². The van der Waals surface area contributed by atoms with E-state index in [-0.39, 0.29) is 17.1 Å². The van der Waals surface area contributed by atoms with Crippen LogP contribution in [0.25, 0.3) is 17.4 Å². The van der Waals surface area contributed by atoms with E-state index < -0.39 is 29.3 Å². The largest absolute Gasteiger partial charge is 0.477 e. The summed E-state index contributed by atoms with van der Waals surface area (Å²) in [6.07, 6.45) is -3.73. The lowest BCUT2D eigenvalue weighted by Crippen LogP contribution is -2.10. The number of carbonyl (C=O) groups is 2. The number of carboxylic acids is 2. The number of benzene rings is 1. The minimum atomic E-state index is -4.51. The highest BCUT2D eigenvalue weighted by Gasteiger charge is 2.30. The highest BCUT2D eigenvalue weighted by Crippen LogP contribution is 2.32. The Morgan fingerprint density at radius 1 is 1.04 bits per heavy atom. The van der Waals surface area contributed by atoms with Crippen LogP contribution < -0.4 is 0 Å². The molecule has 1 heterocycles. The van der Waals surface area contributed by atoms with Crippen LogP contribution in [-0.2, 0) is 15.8 Å². The molecule has 2 aromatic rings. The third-order valence-electron chi connectivity index (χ3n) is 2.85. The fourth-order valence-corrected chi connectivity index (χ4v) is 1.79. The second kappa shape index (κ2) is 5.99. The molecule has 0 radical (unpaired) electrons. The fourth-order valence-electron chi connectivity index (χ4n) is 1.79. The van der Waals surface area contributed by atoms with Crippen LogP contribution >= 0.6 is 0 Å². The van der Waals surface area contributed by atoms with Crippen molar-refractivity contribution in [1.82, 2.24) is 0 Å². The van der Waals surface area contributed by atoms with Gasteiger partial charge in [0.25, 0.3) is 0 Å². The van der Waals surface area contributed by atoms with Crippen molar-refractivity contribution in [2.24, 2.45) is 0 Å². The lowest BCUT2D eigenvalue weighted by Gasteiger charge is -2.07. The molecule has 2 N–H and O–H groups in total. The fraction of sp³-hybridized carbons (Fsp3) is 0.0667. The maximum atomic E-state index is 12.7. The quantitative estimate of drug-likeness (QED) is 0.510. The molecular weight excluding hydrogens is 317 g/mol. The summed E-state index contributed by atoms with van der Waals surface area (Å²) < 4.78 is 43.2. The Bertz CT molecular complexity index is 770. The molecular formula is C15H9F3O5. The minimum Gasteiger partial charge on any atom is -0.477 e.